The molecule has 1 fully saturated rings. The molecular formula is C29H33N3O6. The van der Waals surface area contributed by atoms with Crippen LogP contribution >= 0.6 is 0 Å². The Morgan fingerprint density at radius 2 is 1.82 bits per heavy atom. The molecule has 1 saturated heterocycles. The number of aromatic nitrogens is 2. The third-order valence-electron chi connectivity index (χ3n) is 6.32. The summed E-state index contributed by atoms with van der Waals surface area (Å²) in [5, 5.41) is 11.3. The molecule has 1 aliphatic heterocycles. The third-order valence-corrected chi connectivity index (χ3v) is 6.32. The molecule has 2 heterocycles. The monoisotopic (exact) mass is 519 g/mol. The van der Waals surface area contributed by atoms with E-state index < -0.39 is 17.7 Å². The highest BCUT2D eigenvalue weighted by molar-refractivity contribution is 6.46. The molecule has 9 nitrogen and oxygen atoms in total. The van der Waals surface area contributed by atoms with Crippen LogP contribution in [0.2, 0.25) is 0 Å². The Morgan fingerprint density at radius 3 is 2.47 bits per heavy atom. The van der Waals surface area contributed by atoms with Gasteiger partial charge < -0.3 is 28.8 Å². The molecule has 1 amide bonds. The molecule has 2 aromatic carbocycles. The zero-order valence-corrected chi connectivity index (χ0v) is 21.9. The van der Waals surface area contributed by atoms with Gasteiger partial charge in [0, 0.05) is 31.0 Å². The molecule has 38 heavy (non-hydrogen) atoms. The lowest BCUT2D eigenvalue weighted by atomic mass is 9.95. The van der Waals surface area contributed by atoms with Crippen LogP contribution in [0.4, 0.5) is 0 Å². The number of ketones is 1. The van der Waals surface area contributed by atoms with Crippen LogP contribution in [-0.4, -0.2) is 58.1 Å². The smallest absolute Gasteiger partial charge is 0.295 e. The van der Waals surface area contributed by atoms with Gasteiger partial charge in [-0.05, 0) is 61.7 Å². The molecule has 3 aromatic rings. The molecule has 1 unspecified atom stereocenters. The van der Waals surface area contributed by atoms with Gasteiger partial charge in [0.25, 0.3) is 11.7 Å². The van der Waals surface area contributed by atoms with Crippen molar-refractivity contribution in [3.05, 3.63) is 77.9 Å². The third kappa shape index (κ3) is 5.66. The number of carbonyl (C=O) groups excluding carboxylic acids is 2. The lowest BCUT2D eigenvalue weighted by molar-refractivity contribution is -0.139. The molecular weight excluding hydrogens is 486 g/mol. The van der Waals surface area contributed by atoms with E-state index in [9.17, 15) is 14.7 Å². The fourth-order valence-corrected chi connectivity index (χ4v) is 4.52. The zero-order valence-electron chi connectivity index (χ0n) is 21.9. The van der Waals surface area contributed by atoms with Crippen molar-refractivity contribution in [1.82, 2.24) is 14.5 Å². The summed E-state index contributed by atoms with van der Waals surface area (Å²) in [6.07, 6.45) is 6.67. The Hall–Kier alpha value is -4.27. The second kappa shape index (κ2) is 12.3. The molecule has 4 rings (SSSR count). The van der Waals surface area contributed by atoms with Gasteiger partial charge >= 0.3 is 0 Å². The minimum absolute atomic E-state index is 0.0334. The molecule has 0 radical (unpaired) electrons. The van der Waals surface area contributed by atoms with Gasteiger partial charge in [0.1, 0.15) is 11.5 Å². The van der Waals surface area contributed by atoms with E-state index in [1.807, 2.05) is 24.6 Å². The first-order chi connectivity index (χ1) is 18.5. The van der Waals surface area contributed by atoms with Crippen LogP contribution in [0.1, 0.15) is 43.9 Å². The minimum atomic E-state index is -0.793. The van der Waals surface area contributed by atoms with Gasteiger partial charge in [-0.1, -0.05) is 13.0 Å². The summed E-state index contributed by atoms with van der Waals surface area (Å²) in [5.74, 6) is 0.0853. The highest BCUT2D eigenvalue weighted by Gasteiger charge is 2.46. The van der Waals surface area contributed by atoms with Gasteiger partial charge in [0.05, 0.1) is 38.3 Å². The Morgan fingerprint density at radius 1 is 1.03 bits per heavy atom. The Balaban J connectivity index is 1.74. The molecule has 9 heteroatoms. The zero-order chi connectivity index (χ0) is 27.1. The first-order valence-electron chi connectivity index (χ1n) is 12.8. The summed E-state index contributed by atoms with van der Waals surface area (Å²) >= 11 is 0. The second-order valence-corrected chi connectivity index (χ2v) is 8.86. The molecule has 0 spiro atoms. The number of aryl methyl sites for hydroxylation is 1. The molecule has 1 aliphatic rings. The van der Waals surface area contributed by atoms with Gasteiger partial charge in [-0.25, -0.2) is 4.98 Å². The van der Waals surface area contributed by atoms with Crippen molar-refractivity contribution in [2.75, 3.05) is 26.9 Å². The molecule has 1 aromatic heterocycles. The number of aliphatic hydroxyl groups excluding tert-OH is 1. The quantitative estimate of drug-likeness (QED) is 0.212. The predicted molar refractivity (Wildman–Crippen MR) is 142 cm³/mol. The number of likely N-dealkylation sites (tertiary alicyclic amines) is 1. The number of Topliss-reactive ketones (excluding diaryl/α,β-unsaturated/α-hetero) is 1. The summed E-state index contributed by atoms with van der Waals surface area (Å²) in [5.41, 5.74) is 1.09. The number of ether oxygens (including phenoxy) is 3. The number of hydrogen-bond donors (Lipinski definition) is 1. The summed E-state index contributed by atoms with van der Waals surface area (Å²) in [4.78, 5) is 32.2. The fraction of sp³-hybridized carbons (Fsp3) is 0.345. The van der Waals surface area contributed by atoms with E-state index >= 15 is 0 Å². The summed E-state index contributed by atoms with van der Waals surface area (Å²) in [7, 11) is 1.54. The lowest BCUT2D eigenvalue weighted by Crippen LogP contribution is -2.31. The maximum atomic E-state index is 13.3. The van der Waals surface area contributed by atoms with Gasteiger partial charge in [-0.15, -0.1) is 0 Å². The number of carbonyl (C=O) groups is 2. The number of aliphatic hydroxyl groups is 1. The van der Waals surface area contributed by atoms with Gasteiger partial charge in [0.2, 0.25) is 0 Å². The van der Waals surface area contributed by atoms with Gasteiger partial charge in [0.15, 0.2) is 11.5 Å². The van der Waals surface area contributed by atoms with Gasteiger partial charge in [-0.2, -0.15) is 0 Å². The highest BCUT2D eigenvalue weighted by Crippen LogP contribution is 2.42. The van der Waals surface area contributed by atoms with E-state index in [4.69, 9.17) is 14.2 Å². The van der Waals surface area contributed by atoms with Crippen molar-refractivity contribution in [2.45, 2.75) is 39.3 Å². The van der Waals surface area contributed by atoms with E-state index in [0.29, 0.717) is 61.1 Å². The number of nitrogens with zero attached hydrogens (tertiary/aromatic N) is 3. The topological polar surface area (TPSA) is 103 Å². The van der Waals surface area contributed by atoms with E-state index in [-0.39, 0.29) is 11.3 Å². The Kier molecular flexibility index (Phi) is 8.68. The SMILES string of the molecule is CCCOc1ccc(C2/C(=C(\O)c3ccc(OCC)cc3)C(=O)C(=O)N2CCCn2ccnc2)cc1OC. The molecule has 0 bridgehead atoms. The van der Waals surface area contributed by atoms with Crippen molar-refractivity contribution in [3.8, 4) is 17.2 Å². The van der Waals surface area contributed by atoms with E-state index in [2.05, 4.69) is 4.98 Å². The standard InChI is InChI=1S/C29H33N3O6/c1-4-17-38-23-12-9-21(18-24(23)36-3)26-25(27(33)20-7-10-22(11-8-20)37-5-2)28(34)29(35)32(26)15-6-14-31-16-13-30-19-31/h7-13,16,18-19,26,33H,4-6,14-15,17H2,1-3H3/b27-25+. The van der Waals surface area contributed by atoms with Gasteiger partial charge in [-0.3, -0.25) is 9.59 Å². The molecule has 0 aliphatic carbocycles. The van der Waals surface area contributed by atoms with Crippen molar-refractivity contribution in [2.24, 2.45) is 0 Å². The Bertz CT molecular complexity index is 1280. The van der Waals surface area contributed by atoms with Crippen molar-refractivity contribution < 1.29 is 28.9 Å². The number of imidazole rings is 1. The normalized spacial score (nSPS) is 16.6. The Labute approximate surface area is 222 Å². The molecule has 1 atom stereocenters. The number of benzene rings is 2. The number of methoxy groups -OCH3 is 1. The fourth-order valence-electron chi connectivity index (χ4n) is 4.52. The van der Waals surface area contributed by atoms with Crippen molar-refractivity contribution in [1.29, 1.82) is 0 Å². The average Bonchev–Trinajstić information content (AvgIpc) is 3.54. The number of hydrogen-bond acceptors (Lipinski definition) is 7. The maximum Gasteiger partial charge on any atom is 0.295 e. The lowest BCUT2D eigenvalue weighted by Gasteiger charge is -2.26. The first kappa shape index (κ1) is 26.8. The van der Waals surface area contributed by atoms with Crippen LogP contribution in [0.5, 0.6) is 17.2 Å². The molecule has 200 valence electrons. The highest BCUT2D eigenvalue weighted by atomic mass is 16.5. The van der Waals surface area contributed by atoms with Crippen LogP contribution in [0.25, 0.3) is 5.76 Å². The average molecular weight is 520 g/mol. The van der Waals surface area contributed by atoms with Crippen LogP contribution in [0.15, 0.2) is 66.8 Å². The van der Waals surface area contributed by atoms with Crippen molar-refractivity contribution >= 4 is 17.4 Å². The summed E-state index contributed by atoms with van der Waals surface area (Å²) in [6, 6.07) is 11.3. The van der Waals surface area contributed by atoms with E-state index in [1.54, 1.807) is 62.1 Å². The predicted octanol–water partition coefficient (Wildman–Crippen LogP) is 4.59. The summed E-state index contributed by atoms with van der Waals surface area (Å²) in [6.45, 7) is 5.87. The van der Waals surface area contributed by atoms with E-state index in [0.717, 1.165) is 6.42 Å². The number of rotatable bonds is 12. The van der Waals surface area contributed by atoms with Crippen LogP contribution in [0.3, 0.4) is 0 Å². The molecule has 0 saturated carbocycles. The first-order valence-corrected chi connectivity index (χ1v) is 12.8. The van der Waals surface area contributed by atoms with Crippen LogP contribution < -0.4 is 14.2 Å². The summed E-state index contributed by atoms with van der Waals surface area (Å²) < 4.78 is 18.8. The van der Waals surface area contributed by atoms with Crippen LogP contribution in [-0.2, 0) is 16.1 Å². The minimum Gasteiger partial charge on any atom is -0.507 e. The largest absolute Gasteiger partial charge is 0.507 e. The van der Waals surface area contributed by atoms with Crippen molar-refractivity contribution in [3.63, 3.8) is 0 Å². The van der Waals surface area contributed by atoms with E-state index in [1.165, 1.54) is 4.90 Å². The molecule has 1 N–H and O–H groups in total. The maximum absolute atomic E-state index is 13.3. The number of amides is 1. The second-order valence-electron chi connectivity index (χ2n) is 8.86. The van der Waals surface area contributed by atoms with Crippen LogP contribution in [0, 0.1) is 0 Å².